The highest BCUT2D eigenvalue weighted by atomic mass is 32.2. The van der Waals surface area contributed by atoms with Gasteiger partial charge in [0.25, 0.3) is 0 Å². The highest BCUT2D eigenvalue weighted by Gasteiger charge is 2.05. The molecule has 2 aromatic rings. The van der Waals surface area contributed by atoms with Crippen molar-refractivity contribution in [2.45, 2.75) is 24.0 Å². The van der Waals surface area contributed by atoms with Crippen LogP contribution in [-0.2, 0) is 0 Å². The molecule has 0 saturated carbocycles. The van der Waals surface area contributed by atoms with Crippen molar-refractivity contribution in [1.29, 1.82) is 0 Å². The molecule has 2 aromatic heterocycles. The smallest absolute Gasteiger partial charge is 0.194 e. The van der Waals surface area contributed by atoms with Crippen LogP contribution in [0.1, 0.15) is 11.5 Å². The van der Waals surface area contributed by atoms with Crippen LogP contribution in [0, 0.1) is 13.8 Å². The van der Waals surface area contributed by atoms with Crippen LogP contribution in [0.25, 0.3) is 0 Å². The van der Waals surface area contributed by atoms with Gasteiger partial charge in [0.1, 0.15) is 16.7 Å². The lowest BCUT2D eigenvalue weighted by Crippen LogP contribution is -2.09. The standard InChI is InChI=1S/C10H12N6S/c1-6-3-4-12-10(13-6)17-9-5-8(16-11)14-7(2)15-9/h3-5H,11H2,1-2H3,(H,14,15,16). The number of nitrogens with zero attached hydrogens (tertiary/aromatic N) is 4. The fourth-order valence-electron chi connectivity index (χ4n) is 1.24. The van der Waals surface area contributed by atoms with E-state index in [0.717, 1.165) is 10.7 Å². The second-order valence-corrected chi connectivity index (χ2v) is 4.35. The van der Waals surface area contributed by atoms with Gasteiger partial charge in [0.15, 0.2) is 5.16 Å². The third-order valence-corrected chi connectivity index (χ3v) is 2.73. The van der Waals surface area contributed by atoms with Crippen LogP contribution < -0.4 is 11.3 Å². The van der Waals surface area contributed by atoms with E-state index in [1.165, 1.54) is 11.8 Å². The van der Waals surface area contributed by atoms with Crippen LogP contribution in [-0.4, -0.2) is 19.9 Å². The quantitative estimate of drug-likeness (QED) is 0.366. The van der Waals surface area contributed by atoms with Gasteiger partial charge >= 0.3 is 0 Å². The third-order valence-electron chi connectivity index (χ3n) is 1.93. The van der Waals surface area contributed by atoms with Crippen molar-refractivity contribution in [2.75, 3.05) is 5.43 Å². The first-order chi connectivity index (χ1) is 8.17. The first kappa shape index (κ1) is 11.7. The third kappa shape index (κ3) is 3.11. The predicted molar refractivity (Wildman–Crippen MR) is 65.5 cm³/mol. The molecular weight excluding hydrogens is 236 g/mol. The van der Waals surface area contributed by atoms with Gasteiger partial charge in [-0.25, -0.2) is 25.8 Å². The van der Waals surface area contributed by atoms with Gasteiger partial charge in [-0.3, -0.25) is 0 Å². The summed E-state index contributed by atoms with van der Waals surface area (Å²) in [6.45, 7) is 3.73. The minimum absolute atomic E-state index is 0.577. The van der Waals surface area contributed by atoms with Gasteiger partial charge in [0.05, 0.1) is 0 Å². The molecule has 0 unspecified atom stereocenters. The van der Waals surface area contributed by atoms with Crippen LogP contribution in [0.3, 0.4) is 0 Å². The molecule has 17 heavy (non-hydrogen) atoms. The van der Waals surface area contributed by atoms with Crippen molar-refractivity contribution in [1.82, 2.24) is 19.9 Å². The topological polar surface area (TPSA) is 89.6 Å². The van der Waals surface area contributed by atoms with Gasteiger partial charge in [0, 0.05) is 18.0 Å². The zero-order chi connectivity index (χ0) is 12.3. The normalized spacial score (nSPS) is 10.3. The Labute approximate surface area is 103 Å². The van der Waals surface area contributed by atoms with E-state index >= 15 is 0 Å². The van der Waals surface area contributed by atoms with Gasteiger partial charge in [-0.1, -0.05) is 0 Å². The van der Waals surface area contributed by atoms with Gasteiger partial charge < -0.3 is 5.43 Å². The summed E-state index contributed by atoms with van der Waals surface area (Å²) >= 11 is 1.38. The lowest BCUT2D eigenvalue weighted by molar-refractivity contribution is 0.916. The zero-order valence-electron chi connectivity index (χ0n) is 9.51. The number of hydrogen-bond acceptors (Lipinski definition) is 7. The van der Waals surface area contributed by atoms with E-state index in [1.807, 2.05) is 19.9 Å². The molecule has 7 heteroatoms. The number of hydrogen-bond donors (Lipinski definition) is 2. The monoisotopic (exact) mass is 248 g/mol. The summed E-state index contributed by atoms with van der Waals surface area (Å²) in [4.78, 5) is 16.8. The van der Waals surface area contributed by atoms with E-state index in [9.17, 15) is 0 Å². The summed E-state index contributed by atoms with van der Waals surface area (Å²) in [6.07, 6.45) is 1.72. The van der Waals surface area contributed by atoms with E-state index in [1.54, 1.807) is 12.3 Å². The Balaban J connectivity index is 2.26. The lowest BCUT2D eigenvalue weighted by atomic mass is 10.5. The Bertz CT molecular complexity index is 530. The Morgan fingerprint density at radius 3 is 2.76 bits per heavy atom. The van der Waals surface area contributed by atoms with Crippen molar-refractivity contribution in [3.05, 3.63) is 29.8 Å². The van der Waals surface area contributed by atoms with Gasteiger partial charge in [-0.05, 0) is 31.7 Å². The second-order valence-electron chi connectivity index (χ2n) is 3.37. The predicted octanol–water partition coefficient (Wildman–Crippen LogP) is 1.32. The van der Waals surface area contributed by atoms with Gasteiger partial charge in [-0.2, -0.15) is 0 Å². The van der Waals surface area contributed by atoms with E-state index in [4.69, 9.17) is 5.84 Å². The van der Waals surface area contributed by atoms with E-state index < -0.39 is 0 Å². The molecule has 0 atom stereocenters. The number of nitrogens with two attached hydrogens (primary N) is 1. The van der Waals surface area contributed by atoms with E-state index in [0.29, 0.717) is 16.8 Å². The van der Waals surface area contributed by atoms with Crippen LogP contribution in [0.4, 0.5) is 5.82 Å². The largest absolute Gasteiger partial charge is 0.308 e. The zero-order valence-corrected chi connectivity index (χ0v) is 10.3. The minimum atomic E-state index is 0.577. The van der Waals surface area contributed by atoms with E-state index in [-0.39, 0.29) is 0 Å². The number of rotatable bonds is 3. The van der Waals surface area contributed by atoms with Crippen LogP contribution in [0.15, 0.2) is 28.5 Å². The molecular formula is C10H12N6S. The molecule has 2 rings (SSSR count). The molecule has 6 nitrogen and oxygen atoms in total. The van der Waals surface area contributed by atoms with Crippen molar-refractivity contribution >= 4 is 17.6 Å². The number of aryl methyl sites for hydroxylation is 2. The minimum Gasteiger partial charge on any atom is -0.308 e. The molecule has 0 spiro atoms. The molecule has 0 fully saturated rings. The second kappa shape index (κ2) is 5.07. The van der Waals surface area contributed by atoms with Gasteiger partial charge in [-0.15, -0.1) is 0 Å². The molecule has 0 saturated heterocycles. The molecule has 2 heterocycles. The number of aromatic nitrogens is 4. The SMILES string of the molecule is Cc1ccnc(Sc2cc(NN)nc(C)n2)n1. The fraction of sp³-hybridized carbons (Fsp3) is 0.200. The lowest BCUT2D eigenvalue weighted by Gasteiger charge is -2.04. The molecule has 3 N–H and O–H groups in total. The number of anilines is 1. The Morgan fingerprint density at radius 2 is 2.06 bits per heavy atom. The van der Waals surface area contributed by atoms with Crippen molar-refractivity contribution < 1.29 is 0 Å². The number of nitrogen functional groups attached to an aromatic ring is 1. The highest BCUT2D eigenvalue weighted by molar-refractivity contribution is 7.99. The summed E-state index contributed by atoms with van der Waals surface area (Å²) in [5.41, 5.74) is 3.42. The maximum atomic E-state index is 5.32. The summed E-state index contributed by atoms with van der Waals surface area (Å²) in [7, 11) is 0. The average Bonchev–Trinajstić information content (AvgIpc) is 2.28. The first-order valence-electron chi connectivity index (χ1n) is 4.97. The summed E-state index contributed by atoms with van der Waals surface area (Å²) in [5, 5.41) is 1.42. The summed E-state index contributed by atoms with van der Waals surface area (Å²) < 4.78 is 0. The average molecular weight is 248 g/mol. The van der Waals surface area contributed by atoms with Crippen LogP contribution in [0.2, 0.25) is 0 Å². The molecule has 0 bridgehead atoms. The Morgan fingerprint density at radius 1 is 1.24 bits per heavy atom. The van der Waals surface area contributed by atoms with Crippen LogP contribution >= 0.6 is 11.8 Å². The van der Waals surface area contributed by atoms with Crippen molar-refractivity contribution in [3.63, 3.8) is 0 Å². The molecule has 0 aromatic carbocycles. The molecule has 0 aliphatic carbocycles. The molecule has 88 valence electrons. The fourth-order valence-corrected chi connectivity index (χ4v) is 2.07. The maximum absolute atomic E-state index is 5.32. The number of nitrogens with one attached hydrogen (secondary N) is 1. The molecule has 0 aliphatic rings. The first-order valence-corrected chi connectivity index (χ1v) is 5.79. The van der Waals surface area contributed by atoms with Gasteiger partial charge in [0.2, 0.25) is 0 Å². The molecule has 0 amide bonds. The Kier molecular flexibility index (Phi) is 3.50. The molecule has 0 radical (unpaired) electrons. The number of hydrazine groups is 1. The highest BCUT2D eigenvalue weighted by Crippen LogP contribution is 2.23. The summed E-state index contributed by atoms with van der Waals surface area (Å²) in [6, 6.07) is 3.60. The Hall–Kier alpha value is -1.73. The van der Waals surface area contributed by atoms with Crippen molar-refractivity contribution in [3.8, 4) is 0 Å². The molecule has 0 aliphatic heterocycles. The summed E-state index contributed by atoms with van der Waals surface area (Å²) in [5.74, 6) is 6.55. The van der Waals surface area contributed by atoms with E-state index in [2.05, 4.69) is 25.4 Å². The van der Waals surface area contributed by atoms with Crippen molar-refractivity contribution in [2.24, 2.45) is 5.84 Å². The van der Waals surface area contributed by atoms with Crippen LogP contribution in [0.5, 0.6) is 0 Å². The maximum Gasteiger partial charge on any atom is 0.194 e.